The molecule has 20 aromatic carbocycles. The molecule has 0 radical (unpaired) electrons. The normalized spacial score (nSPS) is 12.4. The molecule has 27 rings (SSSR count). The molecule has 26 aromatic rings. The predicted molar refractivity (Wildman–Crippen MR) is 556 cm³/mol. The van der Waals surface area contributed by atoms with Crippen molar-refractivity contribution in [2.75, 3.05) is 9.80 Å². The van der Waals surface area contributed by atoms with Crippen LogP contribution < -0.4 is 9.80 Å². The Hall–Kier alpha value is -16.4. The molecule has 0 atom stereocenters. The van der Waals surface area contributed by atoms with Crippen LogP contribution >= 0.6 is 22.7 Å². The fourth-order valence-electron chi connectivity index (χ4n) is 21.0. The number of rotatable bonds is 13. The Morgan fingerprint density at radius 3 is 0.969 bits per heavy atom. The number of nitrogens with zero attached hydrogens (tertiary/aromatic N) is 4. The van der Waals surface area contributed by atoms with Gasteiger partial charge in [-0.3, -0.25) is 0 Å². The van der Waals surface area contributed by atoms with Crippen LogP contribution in [0.4, 0.5) is 34.1 Å². The summed E-state index contributed by atoms with van der Waals surface area (Å²) in [6, 6.07) is 163. The first kappa shape index (κ1) is 75.9. The Morgan fingerprint density at radius 2 is 0.542 bits per heavy atom. The lowest BCUT2D eigenvalue weighted by atomic mass is 9.82. The summed E-state index contributed by atoms with van der Waals surface area (Å²) in [6.45, 7) is 4.71. The van der Waals surface area contributed by atoms with Crippen LogP contribution in [-0.4, -0.2) is 9.13 Å². The molecular formula is C123H80N4O2S2. The number of benzene rings is 20. The number of anilines is 6. The molecule has 1 aliphatic rings. The van der Waals surface area contributed by atoms with E-state index in [2.05, 4.69) is 482 Å². The van der Waals surface area contributed by atoms with Crippen LogP contribution in [0, 0.1) is 0 Å². The van der Waals surface area contributed by atoms with E-state index < -0.39 is 0 Å². The van der Waals surface area contributed by atoms with E-state index in [9.17, 15) is 0 Å². The average molecular weight is 1710 g/mol. The molecule has 8 heteroatoms. The highest BCUT2D eigenvalue weighted by Crippen LogP contribution is 2.54. The Balaban J connectivity index is 0.000000138. The van der Waals surface area contributed by atoms with Crippen molar-refractivity contribution in [3.05, 3.63) is 460 Å². The van der Waals surface area contributed by atoms with Crippen molar-refractivity contribution in [3.63, 3.8) is 0 Å². The molecule has 0 amide bonds. The van der Waals surface area contributed by atoms with Gasteiger partial charge in [-0.1, -0.05) is 305 Å². The van der Waals surface area contributed by atoms with Gasteiger partial charge in [0.05, 0.1) is 32.8 Å². The molecule has 0 fully saturated rings. The van der Waals surface area contributed by atoms with Crippen LogP contribution in [0.15, 0.2) is 458 Å². The maximum absolute atomic E-state index is 6.98. The summed E-state index contributed by atoms with van der Waals surface area (Å²) in [5.41, 5.74) is 33.8. The van der Waals surface area contributed by atoms with Crippen LogP contribution in [0.5, 0.6) is 0 Å². The quantitative estimate of drug-likeness (QED) is 0.115. The minimum atomic E-state index is -0.126. The van der Waals surface area contributed by atoms with E-state index in [-0.39, 0.29) is 5.41 Å². The van der Waals surface area contributed by atoms with Crippen molar-refractivity contribution in [3.8, 4) is 78.1 Å². The van der Waals surface area contributed by atoms with E-state index in [4.69, 9.17) is 8.83 Å². The molecule has 0 saturated carbocycles. The second-order valence-corrected chi connectivity index (χ2v) is 37.1. The summed E-state index contributed by atoms with van der Waals surface area (Å²) in [7, 11) is 0. The van der Waals surface area contributed by atoms with Gasteiger partial charge in [0.25, 0.3) is 0 Å². The van der Waals surface area contributed by atoms with Crippen molar-refractivity contribution in [2.45, 2.75) is 19.3 Å². The van der Waals surface area contributed by atoms with Gasteiger partial charge >= 0.3 is 0 Å². The van der Waals surface area contributed by atoms with Gasteiger partial charge in [0.1, 0.15) is 22.3 Å². The van der Waals surface area contributed by atoms with Crippen LogP contribution in [0.1, 0.15) is 25.0 Å². The Bertz CT molecular complexity index is 8950. The van der Waals surface area contributed by atoms with Gasteiger partial charge in [-0.05, 0) is 224 Å². The van der Waals surface area contributed by atoms with Gasteiger partial charge in [0.2, 0.25) is 0 Å². The second-order valence-electron chi connectivity index (χ2n) is 34.9. The third kappa shape index (κ3) is 12.4. The number of fused-ring (bicyclic) bond motifs is 23. The summed E-state index contributed by atoms with van der Waals surface area (Å²) in [6.07, 6.45) is 0. The molecule has 0 unspecified atom stereocenters. The lowest BCUT2D eigenvalue weighted by molar-refractivity contribution is 0.660. The maximum Gasteiger partial charge on any atom is 0.145 e. The summed E-state index contributed by atoms with van der Waals surface area (Å²) in [4.78, 5) is 4.74. The molecule has 131 heavy (non-hydrogen) atoms. The molecule has 0 aliphatic heterocycles. The Kier molecular flexibility index (Phi) is 17.6. The molecule has 0 bridgehead atoms. The third-order valence-electron chi connectivity index (χ3n) is 27.2. The number of aromatic nitrogens is 2. The molecule has 0 spiro atoms. The van der Waals surface area contributed by atoms with Gasteiger partial charge in [-0.15, -0.1) is 22.7 Å². The largest absolute Gasteiger partial charge is 0.455 e. The topological polar surface area (TPSA) is 42.6 Å². The van der Waals surface area contributed by atoms with E-state index >= 15 is 0 Å². The molecule has 0 N–H and O–H groups in total. The maximum atomic E-state index is 6.98. The summed E-state index contributed by atoms with van der Waals surface area (Å²) in [5.74, 6) is 0. The molecule has 616 valence electrons. The molecule has 6 heterocycles. The highest BCUT2D eigenvalue weighted by atomic mass is 32.1. The highest BCUT2D eigenvalue weighted by Gasteiger charge is 2.36. The summed E-state index contributed by atoms with van der Waals surface area (Å²) < 4.78 is 24.0. The van der Waals surface area contributed by atoms with Crippen LogP contribution in [0.2, 0.25) is 0 Å². The minimum absolute atomic E-state index is 0.126. The van der Waals surface area contributed by atoms with Gasteiger partial charge < -0.3 is 27.8 Å². The van der Waals surface area contributed by atoms with E-state index in [1.807, 2.05) is 22.7 Å². The highest BCUT2D eigenvalue weighted by molar-refractivity contribution is 7.26. The number of hydrogen-bond donors (Lipinski definition) is 0. The fraction of sp³-hybridized carbons (Fsp3) is 0.0244. The zero-order chi connectivity index (χ0) is 86.5. The standard InChI is InChI=1S/C63H42N2OS.C60H38N2OS/c1-63(2)54-20-10-6-16-46(54)47-34-32-45(37-55(47)63)64(42-28-24-40(25-29-42)39-14-4-3-5-15-39)43-30-26-41(27-31-43)51-38-53-48-17-7-11-21-56(48)65(61(53)60-50-19-8-12-22-57(50)66-62(51)60)44-33-35-59-52(36-44)49-18-9-13-23-58(49)67-59;1-3-13-39(14-4-1)41-23-29-44(30-24-41)61(45-31-25-42(26-32-45)40-15-5-2-6-16-40)46-33-27-43(28-34-46)51-38-53-48-17-7-10-20-54(48)62(59(53)58-50-19-8-11-21-55(50)63-60(51)58)47-35-36-57-52(37-47)49-18-9-12-22-56(49)64-57/h3-38H,1-2H3;1-38H. The molecule has 6 aromatic heterocycles. The molecular weight excluding hydrogens is 1630 g/mol. The zero-order valence-electron chi connectivity index (χ0n) is 71.6. The SMILES string of the molecule is CC1(C)c2ccccc2-c2ccc(N(c3ccc(-c4ccccc4)cc3)c3ccc(-c4cc5c6ccccc6n(-c6ccc7sc8ccccc8c7c6)c5c5c4oc4ccccc45)cc3)cc21.c1ccc(-c2ccc(N(c3ccc(-c4ccccc4)cc3)c3ccc(-c4cc5c6ccccc6n(-c6ccc7sc8ccccc8c7c6)c5c5c4oc4ccccc45)cc3)cc2)cc1. The smallest absolute Gasteiger partial charge is 0.145 e. The van der Waals surface area contributed by atoms with Crippen molar-refractivity contribution >= 4 is 185 Å². The number of hydrogen-bond acceptors (Lipinski definition) is 6. The van der Waals surface area contributed by atoms with Gasteiger partial charge in [-0.25, -0.2) is 0 Å². The summed E-state index contributed by atoms with van der Waals surface area (Å²) in [5, 5.41) is 14.4. The minimum Gasteiger partial charge on any atom is -0.455 e. The van der Waals surface area contributed by atoms with Crippen LogP contribution in [0.25, 0.3) is 206 Å². The first-order valence-corrected chi connectivity index (χ1v) is 46.4. The summed E-state index contributed by atoms with van der Waals surface area (Å²) >= 11 is 3.71. The third-order valence-corrected chi connectivity index (χ3v) is 29.5. The molecule has 1 aliphatic carbocycles. The number of para-hydroxylation sites is 4. The zero-order valence-corrected chi connectivity index (χ0v) is 73.3. The Labute approximate surface area is 764 Å². The van der Waals surface area contributed by atoms with E-state index in [1.54, 1.807) is 0 Å². The second kappa shape index (κ2) is 30.4. The van der Waals surface area contributed by atoms with Crippen molar-refractivity contribution in [1.29, 1.82) is 0 Å². The van der Waals surface area contributed by atoms with Crippen molar-refractivity contribution in [1.82, 2.24) is 9.13 Å². The average Bonchev–Trinajstić information content (AvgIpc) is 1.55. The van der Waals surface area contributed by atoms with Crippen molar-refractivity contribution in [2.24, 2.45) is 0 Å². The predicted octanol–water partition coefficient (Wildman–Crippen LogP) is 35.7. The van der Waals surface area contributed by atoms with Gasteiger partial charge in [0, 0.05) is 135 Å². The van der Waals surface area contributed by atoms with Crippen molar-refractivity contribution < 1.29 is 8.83 Å². The van der Waals surface area contributed by atoms with E-state index in [0.717, 1.165) is 123 Å². The molecule has 0 saturated heterocycles. The first-order chi connectivity index (χ1) is 64.7. The van der Waals surface area contributed by atoms with Crippen LogP contribution in [-0.2, 0) is 5.41 Å². The first-order valence-electron chi connectivity index (χ1n) is 44.8. The number of furan rings is 2. The van der Waals surface area contributed by atoms with E-state index in [0.29, 0.717) is 0 Å². The van der Waals surface area contributed by atoms with Crippen LogP contribution in [0.3, 0.4) is 0 Å². The molecule has 6 nitrogen and oxygen atoms in total. The lowest BCUT2D eigenvalue weighted by Gasteiger charge is -2.28. The Morgan fingerprint density at radius 1 is 0.221 bits per heavy atom. The van der Waals surface area contributed by atoms with Gasteiger partial charge in [0.15, 0.2) is 0 Å². The van der Waals surface area contributed by atoms with E-state index in [1.165, 1.54) is 129 Å². The monoisotopic (exact) mass is 1710 g/mol. The number of thiophene rings is 2. The van der Waals surface area contributed by atoms with Gasteiger partial charge in [-0.2, -0.15) is 0 Å². The fourth-order valence-corrected chi connectivity index (χ4v) is 23.1. The lowest BCUT2D eigenvalue weighted by Crippen LogP contribution is -2.16.